The summed E-state index contributed by atoms with van der Waals surface area (Å²) in [6.07, 6.45) is 1.49. The summed E-state index contributed by atoms with van der Waals surface area (Å²) >= 11 is 0. The van der Waals surface area contributed by atoms with Crippen molar-refractivity contribution < 1.29 is 17.9 Å². The van der Waals surface area contributed by atoms with Crippen LogP contribution in [0.3, 0.4) is 0 Å². The topological polar surface area (TPSA) is 85.4 Å². The molecule has 0 atom stereocenters. The van der Waals surface area contributed by atoms with Crippen LogP contribution in [0.1, 0.15) is 42.4 Å². The van der Waals surface area contributed by atoms with Crippen molar-refractivity contribution in [1.82, 2.24) is 10.3 Å². The van der Waals surface area contributed by atoms with E-state index in [0.717, 1.165) is 5.56 Å². The number of amides is 1. The lowest BCUT2D eigenvalue weighted by Crippen LogP contribution is -2.18. The molecular formula is C24H26N2O4S. The van der Waals surface area contributed by atoms with Gasteiger partial charge >= 0.3 is 0 Å². The number of pyridine rings is 1. The number of benzene rings is 2. The second-order valence-corrected chi connectivity index (χ2v) is 10.2. The lowest BCUT2D eigenvalue weighted by molar-refractivity contribution is 0.0958. The van der Waals surface area contributed by atoms with Gasteiger partial charge in [-0.2, -0.15) is 0 Å². The number of carbonyl (C=O) groups is 1. The number of aromatic nitrogens is 1. The van der Waals surface area contributed by atoms with Crippen molar-refractivity contribution >= 4 is 15.7 Å². The molecule has 1 heterocycles. The van der Waals surface area contributed by atoms with Crippen LogP contribution in [-0.4, -0.2) is 26.4 Å². The predicted octanol–water partition coefficient (Wildman–Crippen LogP) is 4.50. The highest BCUT2D eigenvalue weighted by Gasteiger charge is 2.18. The smallest absolute Gasteiger partial charge is 0.269 e. The minimum absolute atomic E-state index is 0.0337. The first-order valence-corrected chi connectivity index (χ1v) is 11.5. The van der Waals surface area contributed by atoms with Gasteiger partial charge in [0.1, 0.15) is 17.2 Å². The fourth-order valence-electron chi connectivity index (χ4n) is 2.98. The van der Waals surface area contributed by atoms with Crippen LogP contribution >= 0.6 is 0 Å². The summed E-state index contributed by atoms with van der Waals surface area (Å²) in [5.74, 6) is 0.595. The van der Waals surface area contributed by atoms with Crippen molar-refractivity contribution in [3.63, 3.8) is 0 Å². The van der Waals surface area contributed by atoms with Gasteiger partial charge in [-0.15, -0.1) is 0 Å². The first kappa shape index (κ1) is 22.5. The normalized spacial score (nSPS) is 11.7. The molecule has 0 fully saturated rings. The average molecular weight is 439 g/mol. The van der Waals surface area contributed by atoms with E-state index < -0.39 is 9.84 Å². The third kappa shape index (κ3) is 5.70. The molecule has 3 rings (SSSR count). The highest BCUT2D eigenvalue weighted by molar-refractivity contribution is 7.90. The lowest BCUT2D eigenvalue weighted by Gasteiger charge is -2.19. The van der Waals surface area contributed by atoms with E-state index in [1.165, 1.54) is 13.2 Å². The number of hydrogen-bond acceptors (Lipinski definition) is 5. The zero-order valence-corrected chi connectivity index (χ0v) is 18.9. The molecule has 0 bridgehead atoms. The van der Waals surface area contributed by atoms with Crippen LogP contribution in [0.15, 0.2) is 71.8 Å². The maximum atomic E-state index is 12.8. The Morgan fingerprint density at radius 3 is 2.19 bits per heavy atom. The molecule has 0 aliphatic heterocycles. The Morgan fingerprint density at radius 1 is 0.968 bits per heavy atom. The number of carbonyl (C=O) groups excluding carboxylic acids is 1. The van der Waals surface area contributed by atoms with Gasteiger partial charge in [0.2, 0.25) is 0 Å². The van der Waals surface area contributed by atoms with E-state index >= 15 is 0 Å². The minimum Gasteiger partial charge on any atom is -0.457 e. The van der Waals surface area contributed by atoms with E-state index in [9.17, 15) is 13.2 Å². The van der Waals surface area contributed by atoms with Crippen molar-refractivity contribution in [2.75, 3.05) is 7.05 Å². The monoisotopic (exact) mass is 438 g/mol. The van der Waals surface area contributed by atoms with Gasteiger partial charge in [0.05, 0.1) is 10.6 Å². The van der Waals surface area contributed by atoms with Crippen molar-refractivity contribution in [3.05, 3.63) is 83.7 Å². The molecule has 7 heteroatoms. The van der Waals surface area contributed by atoms with Crippen molar-refractivity contribution in [1.29, 1.82) is 0 Å². The van der Waals surface area contributed by atoms with Crippen LogP contribution in [0, 0.1) is 0 Å². The largest absolute Gasteiger partial charge is 0.457 e. The van der Waals surface area contributed by atoms with E-state index in [-0.39, 0.29) is 22.8 Å². The zero-order chi connectivity index (χ0) is 22.6. The molecule has 0 saturated heterocycles. The van der Waals surface area contributed by atoms with Gasteiger partial charge in [-0.3, -0.25) is 9.78 Å². The van der Waals surface area contributed by atoms with Crippen LogP contribution in [0.5, 0.6) is 11.5 Å². The van der Waals surface area contributed by atoms with Crippen LogP contribution in [0.25, 0.3) is 0 Å². The van der Waals surface area contributed by atoms with Crippen LogP contribution < -0.4 is 10.1 Å². The van der Waals surface area contributed by atoms with Crippen molar-refractivity contribution in [3.8, 4) is 11.5 Å². The molecule has 2 aromatic carbocycles. The van der Waals surface area contributed by atoms with Crippen molar-refractivity contribution in [2.24, 2.45) is 0 Å². The zero-order valence-electron chi connectivity index (χ0n) is 18.0. The molecule has 0 saturated carbocycles. The Hall–Kier alpha value is -3.19. The summed E-state index contributed by atoms with van der Waals surface area (Å²) in [5, 5.41) is 2.51. The number of ether oxygens (including phenoxy) is 1. The van der Waals surface area contributed by atoms with Gasteiger partial charge in [-0.25, -0.2) is 8.42 Å². The molecule has 1 amide bonds. The standard InChI is InChI=1S/C24H26N2O4S/c1-24(2,3)18-7-11-21(12-8-18)31(28,29)16-17-5-9-19(10-6-17)30-20-13-14-26-22(15-20)23(27)25-4/h5-15H,16H2,1-4H3,(H,25,27). The molecule has 1 N–H and O–H groups in total. The molecule has 6 nitrogen and oxygen atoms in total. The van der Waals surface area contributed by atoms with Gasteiger partial charge in [0.15, 0.2) is 9.84 Å². The third-order valence-electron chi connectivity index (χ3n) is 4.79. The number of sulfone groups is 1. The Kier molecular flexibility index (Phi) is 6.45. The molecule has 3 aromatic rings. The van der Waals surface area contributed by atoms with E-state index in [2.05, 4.69) is 31.1 Å². The van der Waals surface area contributed by atoms with Crippen LogP contribution in [0.2, 0.25) is 0 Å². The van der Waals surface area contributed by atoms with E-state index in [0.29, 0.717) is 22.0 Å². The molecule has 0 aliphatic carbocycles. The fraction of sp³-hybridized carbons (Fsp3) is 0.250. The van der Waals surface area contributed by atoms with Gasteiger partial charge in [-0.05, 0) is 46.9 Å². The Bertz CT molecular complexity index is 1160. The summed E-state index contributed by atoms with van der Waals surface area (Å²) in [4.78, 5) is 16.0. The first-order valence-electron chi connectivity index (χ1n) is 9.87. The molecule has 0 spiro atoms. The lowest BCUT2D eigenvalue weighted by atomic mass is 9.87. The van der Waals surface area contributed by atoms with Crippen LogP contribution in [0.4, 0.5) is 0 Å². The molecule has 0 unspecified atom stereocenters. The number of rotatable bonds is 6. The number of nitrogens with one attached hydrogen (secondary N) is 1. The van der Waals surface area contributed by atoms with E-state index in [1.807, 2.05) is 12.1 Å². The van der Waals surface area contributed by atoms with Crippen molar-refractivity contribution in [2.45, 2.75) is 36.8 Å². The predicted molar refractivity (Wildman–Crippen MR) is 120 cm³/mol. The van der Waals surface area contributed by atoms with Gasteiger partial charge in [0, 0.05) is 19.3 Å². The Morgan fingerprint density at radius 2 is 1.61 bits per heavy atom. The van der Waals surface area contributed by atoms with E-state index in [1.54, 1.807) is 48.5 Å². The summed E-state index contributed by atoms with van der Waals surface area (Å²) in [7, 11) is -1.93. The third-order valence-corrected chi connectivity index (χ3v) is 6.49. The summed E-state index contributed by atoms with van der Waals surface area (Å²) in [6, 6.07) is 17.1. The fourth-order valence-corrected chi connectivity index (χ4v) is 4.33. The molecular weight excluding hydrogens is 412 g/mol. The number of hydrogen-bond donors (Lipinski definition) is 1. The van der Waals surface area contributed by atoms with Gasteiger partial charge in [0.25, 0.3) is 5.91 Å². The van der Waals surface area contributed by atoms with E-state index in [4.69, 9.17) is 4.74 Å². The second kappa shape index (κ2) is 8.89. The van der Waals surface area contributed by atoms with Gasteiger partial charge < -0.3 is 10.1 Å². The molecule has 1 aromatic heterocycles. The SMILES string of the molecule is CNC(=O)c1cc(Oc2ccc(CS(=O)(=O)c3ccc(C(C)(C)C)cc3)cc2)ccn1. The Labute approximate surface area is 183 Å². The molecule has 0 aliphatic rings. The van der Waals surface area contributed by atoms with Crippen LogP contribution in [-0.2, 0) is 21.0 Å². The second-order valence-electron chi connectivity index (χ2n) is 8.24. The summed E-state index contributed by atoms with van der Waals surface area (Å²) in [6.45, 7) is 6.27. The highest BCUT2D eigenvalue weighted by Crippen LogP contribution is 2.26. The minimum atomic E-state index is -3.46. The Balaban J connectivity index is 1.71. The maximum absolute atomic E-state index is 12.8. The maximum Gasteiger partial charge on any atom is 0.269 e. The molecule has 162 valence electrons. The molecule has 31 heavy (non-hydrogen) atoms. The first-order chi connectivity index (χ1) is 14.6. The van der Waals surface area contributed by atoms with Gasteiger partial charge in [-0.1, -0.05) is 45.0 Å². The molecule has 0 radical (unpaired) electrons. The quantitative estimate of drug-likeness (QED) is 0.612. The average Bonchev–Trinajstić information content (AvgIpc) is 2.74. The highest BCUT2D eigenvalue weighted by atomic mass is 32.2. The number of nitrogens with zero attached hydrogens (tertiary/aromatic N) is 1. The summed E-state index contributed by atoms with van der Waals surface area (Å²) in [5.41, 5.74) is 1.96. The summed E-state index contributed by atoms with van der Waals surface area (Å²) < 4.78 is 31.3.